The smallest absolute Gasteiger partial charge is 0.126 e. The lowest BCUT2D eigenvalue weighted by Gasteiger charge is -2.12. The second kappa shape index (κ2) is 5.17. The third-order valence-corrected chi connectivity index (χ3v) is 4.23. The monoisotopic (exact) mass is 282 g/mol. The Labute approximate surface area is 106 Å². The Balaban J connectivity index is 1.87. The van der Waals surface area contributed by atoms with Crippen molar-refractivity contribution < 1.29 is 0 Å². The number of aryl methyl sites for hydroxylation is 1. The summed E-state index contributed by atoms with van der Waals surface area (Å²) in [5.41, 5.74) is 1.05. The summed E-state index contributed by atoms with van der Waals surface area (Å²) in [6.07, 6.45) is 4.12. The van der Waals surface area contributed by atoms with Gasteiger partial charge < -0.3 is 5.32 Å². The fourth-order valence-electron chi connectivity index (χ4n) is 2.40. The summed E-state index contributed by atoms with van der Waals surface area (Å²) >= 11 is 3.46. The highest BCUT2D eigenvalue weighted by Crippen LogP contribution is 2.30. The zero-order valence-corrected chi connectivity index (χ0v) is 11.5. The highest BCUT2D eigenvalue weighted by atomic mass is 79.9. The lowest BCUT2D eigenvalue weighted by Crippen LogP contribution is -2.12. The lowest BCUT2D eigenvalue weighted by molar-refractivity contribution is 0.536. The SMILES string of the molecule is Cc1nc(NCC2CCC(C)C2)ccc1Br. The zero-order chi connectivity index (χ0) is 11.5. The van der Waals surface area contributed by atoms with Gasteiger partial charge in [-0.15, -0.1) is 0 Å². The molecule has 0 spiro atoms. The number of halogens is 1. The molecule has 16 heavy (non-hydrogen) atoms. The number of pyridine rings is 1. The van der Waals surface area contributed by atoms with Crippen LogP contribution in [0.25, 0.3) is 0 Å². The predicted octanol–water partition coefficient (Wildman–Crippen LogP) is 4.00. The summed E-state index contributed by atoms with van der Waals surface area (Å²) in [7, 11) is 0. The largest absolute Gasteiger partial charge is 0.370 e. The number of nitrogens with zero attached hydrogens (tertiary/aromatic N) is 1. The van der Waals surface area contributed by atoms with E-state index in [1.54, 1.807) is 0 Å². The van der Waals surface area contributed by atoms with Gasteiger partial charge in [0.2, 0.25) is 0 Å². The fourth-order valence-corrected chi connectivity index (χ4v) is 2.62. The van der Waals surface area contributed by atoms with E-state index in [-0.39, 0.29) is 0 Å². The van der Waals surface area contributed by atoms with Gasteiger partial charge in [0, 0.05) is 11.0 Å². The van der Waals surface area contributed by atoms with Crippen molar-refractivity contribution in [2.24, 2.45) is 11.8 Å². The molecule has 0 bridgehead atoms. The number of anilines is 1. The molecule has 1 aliphatic rings. The topological polar surface area (TPSA) is 24.9 Å². The van der Waals surface area contributed by atoms with Crippen molar-refractivity contribution in [3.8, 4) is 0 Å². The third kappa shape index (κ3) is 2.97. The summed E-state index contributed by atoms with van der Waals surface area (Å²) in [6.45, 7) is 5.44. The van der Waals surface area contributed by atoms with E-state index in [0.29, 0.717) is 0 Å². The Kier molecular flexibility index (Phi) is 3.85. The minimum absolute atomic E-state index is 0.834. The van der Waals surface area contributed by atoms with E-state index in [4.69, 9.17) is 0 Å². The molecule has 0 aromatic carbocycles. The van der Waals surface area contributed by atoms with Crippen LogP contribution in [0.2, 0.25) is 0 Å². The van der Waals surface area contributed by atoms with E-state index < -0.39 is 0 Å². The van der Waals surface area contributed by atoms with Crippen LogP contribution in [0.1, 0.15) is 31.9 Å². The molecular weight excluding hydrogens is 264 g/mol. The van der Waals surface area contributed by atoms with Crippen molar-refractivity contribution in [3.05, 3.63) is 22.3 Å². The number of aromatic nitrogens is 1. The highest BCUT2D eigenvalue weighted by Gasteiger charge is 2.20. The van der Waals surface area contributed by atoms with Gasteiger partial charge in [-0.25, -0.2) is 4.98 Å². The van der Waals surface area contributed by atoms with E-state index in [0.717, 1.165) is 34.4 Å². The molecule has 1 N–H and O–H groups in total. The Morgan fingerprint density at radius 2 is 2.25 bits per heavy atom. The summed E-state index contributed by atoms with van der Waals surface area (Å²) in [6, 6.07) is 4.09. The maximum Gasteiger partial charge on any atom is 0.126 e. The highest BCUT2D eigenvalue weighted by molar-refractivity contribution is 9.10. The number of hydrogen-bond donors (Lipinski definition) is 1. The molecule has 1 saturated carbocycles. The van der Waals surface area contributed by atoms with E-state index in [1.807, 2.05) is 13.0 Å². The first-order valence-corrected chi connectivity index (χ1v) is 6.81. The Hall–Kier alpha value is -0.570. The quantitative estimate of drug-likeness (QED) is 0.907. The van der Waals surface area contributed by atoms with Crippen molar-refractivity contribution in [1.82, 2.24) is 4.98 Å². The molecule has 1 fully saturated rings. The first-order chi connectivity index (χ1) is 7.65. The van der Waals surface area contributed by atoms with Gasteiger partial charge in [-0.2, -0.15) is 0 Å². The van der Waals surface area contributed by atoms with Crippen LogP contribution in [0.15, 0.2) is 16.6 Å². The van der Waals surface area contributed by atoms with Gasteiger partial charge >= 0.3 is 0 Å². The predicted molar refractivity (Wildman–Crippen MR) is 71.7 cm³/mol. The molecule has 0 saturated heterocycles. The minimum Gasteiger partial charge on any atom is -0.370 e. The lowest BCUT2D eigenvalue weighted by atomic mass is 10.1. The van der Waals surface area contributed by atoms with Gasteiger partial charge in [-0.3, -0.25) is 0 Å². The Morgan fingerprint density at radius 1 is 1.44 bits per heavy atom. The summed E-state index contributed by atoms with van der Waals surface area (Å²) in [5.74, 6) is 2.74. The summed E-state index contributed by atoms with van der Waals surface area (Å²) in [5, 5.41) is 3.44. The van der Waals surface area contributed by atoms with Crippen LogP contribution in [0.4, 0.5) is 5.82 Å². The van der Waals surface area contributed by atoms with Gasteiger partial charge in [0.25, 0.3) is 0 Å². The van der Waals surface area contributed by atoms with Crippen LogP contribution >= 0.6 is 15.9 Å². The number of nitrogens with one attached hydrogen (secondary N) is 1. The molecule has 3 heteroatoms. The van der Waals surface area contributed by atoms with Crippen molar-refractivity contribution in [2.45, 2.75) is 33.1 Å². The van der Waals surface area contributed by atoms with Gasteiger partial charge in [0.1, 0.15) is 5.82 Å². The van der Waals surface area contributed by atoms with Crippen LogP contribution in [0.5, 0.6) is 0 Å². The molecule has 0 radical (unpaired) electrons. The molecule has 88 valence electrons. The average Bonchev–Trinajstić information content (AvgIpc) is 2.66. The van der Waals surface area contributed by atoms with Crippen molar-refractivity contribution in [3.63, 3.8) is 0 Å². The molecule has 1 aromatic heterocycles. The summed E-state index contributed by atoms with van der Waals surface area (Å²) in [4.78, 5) is 4.49. The standard InChI is InChI=1S/C13H19BrN2/c1-9-3-4-11(7-9)8-15-13-6-5-12(14)10(2)16-13/h5-6,9,11H,3-4,7-8H2,1-2H3,(H,15,16). The first-order valence-electron chi connectivity index (χ1n) is 6.02. The van der Waals surface area contributed by atoms with E-state index in [1.165, 1.54) is 19.3 Å². The van der Waals surface area contributed by atoms with Crippen LogP contribution < -0.4 is 5.32 Å². The minimum atomic E-state index is 0.834. The van der Waals surface area contributed by atoms with Crippen molar-refractivity contribution in [2.75, 3.05) is 11.9 Å². The van der Waals surface area contributed by atoms with Gasteiger partial charge in [0.15, 0.2) is 0 Å². The molecule has 2 nitrogen and oxygen atoms in total. The maximum atomic E-state index is 4.49. The van der Waals surface area contributed by atoms with Crippen LogP contribution in [-0.2, 0) is 0 Å². The second-order valence-electron chi connectivity index (χ2n) is 4.93. The molecule has 1 aromatic rings. The van der Waals surface area contributed by atoms with Crippen molar-refractivity contribution >= 4 is 21.7 Å². The van der Waals surface area contributed by atoms with E-state index in [9.17, 15) is 0 Å². The third-order valence-electron chi connectivity index (χ3n) is 3.40. The number of rotatable bonds is 3. The molecule has 2 rings (SSSR count). The van der Waals surface area contributed by atoms with E-state index >= 15 is 0 Å². The molecule has 0 aliphatic heterocycles. The van der Waals surface area contributed by atoms with E-state index in [2.05, 4.69) is 39.2 Å². The second-order valence-corrected chi connectivity index (χ2v) is 5.78. The summed E-state index contributed by atoms with van der Waals surface area (Å²) < 4.78 is 1.08. The molecule has 2 unspecified atom stereocenters. The van der Waals surface area contributed by atoms with Gasteiger partial charge in [-0.05, 0) is 59.7 Å². The van der Waals surface area contributed by atoms with Crippen molar-refractivity contribution in [1.29, 1.82) is 0 Å². The van der Waals surface area contributed by atoms with Crippen LogP contribution in [0, 0.1) is 18.8 Å². The van der Waals surface area contributed by atoms with Gasteiger partial charge in [-0.1, -0.05) is 13.3 Å². The van der Waals surface area contributed by atoms with Crippen LogP contribution in [0.3, 0.4) is 0 Å². The molecule has 0 amide bonds. The maximum absolute atomic E-state index is 4.49. The molecule has 1 aliphatic carbocycles. The molecule has 2 atom stereocenters. The Bertz CT molecular complexity index is 365. The molecular formula is C13H19BrN2. The van der Waals surface area contributed by atoms with Gasteiger partial charge in [0.05, 0.1) is 5.69 Å². The fraction of sp³-hybridized carbons (Fsp3) is 0.615. The normalized spacial score (nSPS) is 24.7. The first kappa shape index (κ1) is 11.9. The Morgan fingerprint density at radius 3 is 2.88 bits per heavy atom. The zero-order valence-electron chi connectivity index (χ0n) is 9.96. The average molecular weight is 283 g/mol. The van der Waals surface area contributed by atoms with Crippen LogP contribution in [-0.4, -0.2) is 11.5 Å². The molecule has 1 heterocycles. The number of hydrogen-bond acceptors (Lipinski definition) is 2.